The summed E-state index contributed by atoms with van der Waals surface area (Å²) in [4.78, 5) is 12.9. The van der Waals surface area contributed by atoms with Crippen LogP contribution in [0.15, 0.2) is 35.7 Å². The fraction of sp³-hybridized carbons (Fsp3) is 0.353. The van der Waals surface area contributed by atoms with E-state index < -0.39 is 12.0 Å². The Balaban J connectivity index is 1.54. The molecule has 2 aliphatic rings. The first-order valence-electron chi connectivity index (χ1n) is 7.49. The van der Waals surface area contributed by atoms with Crippen LogP contribution in [0.4, 0.5) is 0 Å². The second-order valence-corrected chi connectivity index (χ2v) is 6.75. The molecule has 0 aliphatic carbocycles. The van der Waals surface area contributed by atoms with Crippen molar-refractivity contribution in [1.82, 2.24) is 0 Å². The molecule has 2 aromatic rings. The Hall–Kier alpha value is -2.05. The van der Waals surface area contributed by atoms with Gasteiger partial charge in [-0.25, -0.2) is 0 Å². The minimum absolute atomic E-state index is 0.0556. The summed E-state index contributed by atoms with van der Waals surface area (Å²) < 4.78 is 15.9. The summed E-state index contributed by atoms with van der Waals surface area (Å²) >= 11 is 1.45. The highest BCUT2D eigenvalue weighted by Gasteiger charge is 2.42. The molecule has 120 valence electrons. The molecule has 1 aromatic carbocycles. The monoisotopic (exact) mass is 332 g/mol. The Morgan fingerprint density at radius 1 is 1.22 bits per heavy atom. The van der Waals surface area contributed by atoms with Crippen molar-refractivity contribution in [3.63, 3.8) is 0 Å². The SMILES string of the molecule is O=C1OC[C@H](Cc2ccc3c(c2)OCO3)[C@H]1[C@@H](O)c1cccs1. The third-order valence-corrected chi connectivity index (χ3v) is 5.27. The van der Waals surface area contributed by atoms with Crippen molar-refractivity contribution in [2.75, 3.05) is 13.4 Å². The van der Waals surface area contributed by atoms with E-state index in [2.05, 4.69) is 0 Å². The zero-order valence-corrected chi connectivity index (χ0v) is 13.1. The van der Waals surface area contributed by atoms with Gasteiger partial charge >= 0.3 is 5.97 Å². The van der Waals surface area contributed by atoms with Crippen LogP contribution < -0.4 is 9.47 Å². The first kappa shape index (κ1) is 14.5. The van der Waals surface area contributed by atoms with Gasteiger partial charge in [0.15, 0.2) is 11.5 Å². The lowest BCUT2D eigenvalue weighted by Gasteiger charge is -2.20. The number of fused-ring (bicyclic) bond motifs is 1. The first-order valence-corrected chi connectivity index (χ1v) is 8.37. The second-order valence-electron chi connectivity index (χ2n) is 5.77. The van der Waals surface area contributed by atoms with Gasteiger partial charge in [0.05, 0.1) is 12.5 Å². The highest BCUT2D eigenvalue weighted by atomic mass is 32.1. The van der Waals surface area contributed by atoms with Crippen molar-refractivity contribution >= 4 is 17.3 Å². The molecule has 1 aromatic heterocycles. The summed E-state index contributed by atoms with van der Waals surface area (Å²) in [7, 11) is 0. The number of ether oxygens (including phenoxy) is 3. The summed E-state index contributed by atoms with van der Waals surface area (Å²) in [5.41, 5.74) is 1.04. The number of carbonyl (C=O) groups excluding carboxylic acids is 1. The van der Waals surface area contributed by atoms with E-state index in [1.807, 2.05) is 35.7 Å². The molecule has 1 saturated heterocycles. The smallest absolute Gasteiger partial charge is 0.312 e. The molecule has 2 aliphatic heterocycles. The Labute approximate surface area is 137 Å². The van der Waals surface area contributed by atoms with Crippen LogP contribution in [-0.4, -0.2) is 24.5 Å². The quantitative estimate of drug-likeness (QED) is 0.872. The Morgan fingerprint density at radius 3 is 2.91 bits per heavy atom. The molecule has 0 amide bonds. The van der Waals surface area contributed by atoms with Crippen LogP contribution in [0.2, 0.25) is 0 Å². The highest BCUT2D eigenvalue weighted by molar-refractivity contribution is 7.10. The van der Waals surface area contributed by atoms with Gasteiger partial charge in [0.2, 0.25) is 6.79 Å². The molecule has 4 rings (SSSR count). The molecule has 3 heterocycles. The normalized spacial score (nSPS) is 23.8. The number of benzene rings is 1. The first-order chi connectivity index (χ1) is 11.2. The van der Waals surface area contributed by atoms with Crippen LogP contribution in [0.5, 0.6) is 11.5 Å². The Kier molecular flexibility index (Phi) is 3.71. The fourth-order valence-electron chi connectivity index (χ4n) is 3.16. The van der Waals surface area contributed by atoms with Gasteiger partial charge in [-0.2, -0.15) is 0 Å². The van der Waals surface area contributed by atoms with E-state index >= 15 is 0 Å². The van der Waals surface area contributed by atoms with E-state index in [1.165, 1.54) is 11.3 Å². The third-order valence-electron chi connectivity index (χ3n) is 4.33. The molecular formula is C17H16O5S. The van der Waals surface area contributed by atoms with Crippen molar-refractivity contribution in [2.24, 2.45) is 11.8 Å². The minimum atomic E-state index is -0.816. The average Bonchev–Trinajstić information content (AvgIpc) is 3.27. The molecule has 5 nitrogen and oxygen atoms in total. The zero-order valence-electron chi connectivity index (χ0n) is 12.3. The lowest BCUT2D eigenvalue weighted by molar-refractivity contribution is -0.144. The number of aliphatic hydroxyl groups is 1. The molecule has 23 heavy (non-hydrogen) atoms. The topological polar surface area (TPSA) is 65.0 Å². The van der Waals surface area contributed by atoms with Gasteiger partial charge in [0.25, 0.3) is 0 Å². The molecule has 3 atom stereocenters. The molecule has 6 heteroatoms. The number of aliphatic hydroxyl groups excluding tert-OH is 1. The number of carbonyl (C=O) groups is 1. The van der Waals surface area contributed by atoms with Crippen LogP contribution in [0, 0.1) is 11.8 Å². The van der Waals surface area contributed by atoms with E-state index in [0.717, 1.165) is 21.9 Å². The van der Waals surface area contributed by atoms with Crippen molar-refractivity contribution in [1.29, 1.82) is 0 Å². The Bertz CT molecular complexity index is 712. The predicted molar refractivity (Wildman–Crippen MR) is 83.5 cm³/mol. The van der Waals surface area contributed by atoms with Crippen molar-refractivity contribution in [3.8, 4) is 11.5 Å². The van der Waals surface area contributed by atoms with Gasteiger partial charge in [-0.3, -0.25) is 4.79 Å². The van der Waals surface area contributed by atoms with Crippen LogP contribution in [0.1, 0.15) is 16.5 Å². The maximum Gasteiger partial charge on any atom is 0.312 e. The number of thiophene rings is 1. The van der Waals surface area contributed by atoms with Gasteiger partial charge in [-0.1, -0.05) is 12.1 Å². The van der Waals surface area contributed by atoms with E-state index in [1.54, 1.807) is 0 Å². The molecule has 0 spiro atoms. The maximum atomic E-state index is 12.1. The lowest BCUT2D eigenvalue weighted by Crippen LogP contribution is -2.25. The molecule has 0 bridgehead atoms. The molecular weight excluding hydrogens is 316 g/mol. The highest BCUT2D eigenvalue weighted by Crippen LogP contribution is 2.39. The Morgan fingerprint density at radius 2 is 2.09 bits per heavy atom. The standard InChI is InChI=1S/C17H16O5S/c18-16(14-2-1-5-23-14)15-11(8-20-17(15)19)6-10-3-4-12-13(7-10)22-9-21-12/h1-5,7,11,15-16,18H,6,8-9H2/t11-,15-,16-/m0/s1. The van der Waals surface area contributed by atoms with Gasteiger partial charge in [0.1, 0.15) is 6.10 Å². The van der Waals surface area contributed by atoms with E-state index in [4.69, 9.17) is 14.2 Å². The van der Waals surface area contributed by atoms with Crippen LogP contribution in [0.25, 0.3) is 0 Å². The summed E-state index contributed by atoms with van der Waals surface area (Å²) in [5.74, 6) is 0.557. The number of esters is 1. The van der Waals surface area contributed by atoms with Gasteiger partial charge in [-0.15, -0.1) is 11.3 Å². The lowest BCUT2D eigenvalue weighted by atomic mass is 9.85. The van der Waals surface area contributed by atoms with Crippen LogP contribution in [0.3, 0.4) is 0 Å². The summed E-state index contributed by atoms with van der Waals surface area (Å²) in [6.07, 6.45) is -0.167. The minimum Gasteiger partial charge on any atom is -0.465 e. The predicted octanol–water partition coefficient (Wildman–Crippen LogP) is 2.54. The number of hydrogen-bond acceptors (Lipinski definition) is 6. The number of rotatable bonds is 4. The zero-order chi connectivity index (χ0) is 15.8. The van der Waals surface area contributed by atoms with Gasteiger partial charge in [0, 0.05) is 10.8 Å². The third kappa shape index (κ3) is 2.68. The van der Waals surface area contributed by atoms with Crippen molar-refractivity contribution in [2.45, 2.75) is 12.5 Å². The molecule has 0 saturated carbocycles. The van der Waals surface area contributed by atoms with E-state index in [9.17, 15) is 9.90 Å². The largest absolute Gasteiger partial charge is 0.465 e. The summed E-state index contributed by atoms with van der Waals surface area (Å²) in [6, 6.07) is 9.49. The van der Waals surface area contributed by atoms with Crippen LogP contribution in [-0.2, 0) is 16.0 Å². The van der Waals surface area contributed by atoms with Crippen molar-refractivity contribution in [3.05, 3.63) is 46.2 Å². The summed E-state index contributed by atoms with van der Waals surface area (Å²) in [6.45, 7) is 0.573. The maximum absolute atomic E-state index is 12.1. The van der Waals surface area contributed by atoms with Gasteiger partial charge in [-0.05, 0) is 35.6 Å². The average molecular weight is 332 g/mol. The number of cyclic esters (lactones) is 1. The molecule has 0 unspecified atom stereocenters. The van der Waals surface area contributed by atoms with E-state index in [0.29, 0.717) is 13.0 Å². The molecule has 1 N–H and O–H groups in total. The van der Waals surface area contributed by atoms with Crippen molar-refractivity contribution < 1.29 is 24.1 Å². The number of hydrogen-bond donors (Lipinski definition) is 1. The van der Waals surface area contributed by atoms with Crippen LogP contribution >= 0.6 is 11.3 Å². The fourth-order valence-corrected chi connectivity index (χ4v) is 3.92. The second kappa shape index (κ2) is 5.86. The summed E-state index contributed by atoms with van der Waals surface area (Å²) in [5, 5.41) is 12.4. The molecule has 1 fully saturated rings. The van der Waals surface area contributed by atoms with Gasteiger partial charge < -0.3 is 19.3 Å². The molecule has 0 radical (unpaired) electrons. The van der Waals surface area contributed by atoms with E-state index in [-0.39, 0.29) is 18.7 Å².